The molecule has 1 saturated heterocycles. The zero-order chi connectivity index (χ0) is 17.4. The molecule has 0 atom stereocenters. The quantitative estimate of drug-likeness (QED) is 0.842. The molecule has 132 valence electrons. The number of thiophene rings is 1. The van der Waals surface area contributed by atoms with E-state index in [1.807, 2.05) is 30.9 Å². The number of carbonyl (C=O) groups excluding carboxylic acids is 1. The first-order valence-corrected chi connectivity index (χ1v) is 9.86. The van der Waals surface area contributed by atoms with E-state index in [0.29, 0.717) is 12.1 Å². The van der Waals surface area contributed by atoms with Gasteiger partial charge in [0.25, 0.3) is 5.91 Å². The summed E-state index contributed by atoms with van der Waals surface area (Å²) < 4.78 is 0. The van der Waals surface area contributed by atoms with Crippen LogP contribution in [0, 0.1) is 13.8 Å². The van der Waals surface area contributed by atoms with E-state index in [4.69, 9.17) is 0 Å². The number of hydrogen-bond donors (Lipinski definition) is 0. The van der Waals surface area contributed by atoms with Crippen LogP contribution >= 0.6 is 11.3 Å². The summed E-state index contributed by atoms with van der Waals surface area (Å²) in [5.41, 5.74) is 1.01. The van der Waals surface area contributed by atoms with Gasteiger partial charge < -0.3 is 9.80 Å². The fourth-order valence-electron chi connectivity index (χ4n) is 3.66. The average molecular weight is 356 g/mol. The van der Waals surface area contributed by atoms with Gasteiger partial charge >= 0.3 is 0 Å². The standard InChI is InChI=1S/C19H24N4OS/c1-13-11-18(21-12-20-13)23(15-4-5-15)16-7-9-22(10-8-16)19(24)17-6-3-14(2)25-17/h3,6,11-12,15-16H,4-5,7-10H2,1-2H3. The molecule has 1 amide bonds. The van der Waals surface area contributed by atoms with Gasteiger partial charge in [-0.3, -0.25) is 4.79 Å². The second-order valence-corrected chi connectivity index (χ2v) is 8.38. The van der Waals surface area contributed by atoms with Crippen molar-refractivity contribution in [3.63, 3.8) is 0 Å². The minimum Gasteiger partial charge on any atom is -0.350 e. The minimum absolute atomic E-state index is 0.187. The number of amides is 1. The molecule has 0 aromatic carbocycles. The van der Waals surface area contributed by atoms with Gasteiger partial charge in [-0.25, -0.2) is 9.97 Å². The number of aromatic nitrogens is 2. The molecule has 5 nitrogen and oxygen atoms in total. The van der Waals surface area contributed by atoms with Gasteiger partial charge in [0, 0.05) is 41.8 Å². The van der Waals surface area contributed by atoms with Crippen molar-refractivity contribution in [3.8, 4) is 0 Å². The van der Waals surface area contributed by atoms with Crippen LogP contribution in [0.5, 0.6) is 0 Å². The molecule has 3 heterocycles. The number of carbonyl (C=O) groups is 1. The van der Waals surface area contributed by atoms with Crippen LogP contribution in [0.4, 0.5) is 5.82 Å². The van der Waals surface area contributed by atoms with Crippen molar-refractivity contribution in [2.75, 3.05) is 18.0 Å². The van der Waals surface area contributed by atoms with Crippen LogP contribution in [0.2, 0.25) is 0 Å². The van der Waals surface area contributed by atoms with Gasteiger partial charge in [-0.05, 0) is 51.7 Å². The molecule has 6 heteroatoms. The molecule has 4 rings (SSSR count). The second-order valence-electron chi connectivity index (χ2n) is 7.09. The normalized spacial score (nSPS) is 18.4. The van der Waals surface area contributed by atoms with Crippen LogP contribution in [0.15, 0.2) is 24.5 Å². The Morgan fingerprint density at radius 3 is 2.44 bits per heavy atom. The van der Waals surface area contributed by atoms with Crippen LogP contribution in [0.1, 0.15) is 45.9 Å². The highest BCUT2D eigenvalue weighted by Crippen LogP contribution is 2.35. The fourth-order valence-corrected chi connectivity index (χ4v) is 4.49. The molecule has 2 aromatic heterocycles. The Bertz CT molecular complexity index is 762. The summed E-state index contributed by atoms with van der Waals surface area (Å²) in [7, 11) is 0. The summed E-state index contributed by atoms with van der Waals surface area (Å²) in [4.78, 5) is 28.0. The third kappa shape index (κ3) is 3.54. The zero-order valence-corrected chi connectivity index (χ0v) is 15.6. The molecule has 1 aliphatic carbocycles. The second kappa shape index (κ2) is 6.75. The first-order valence-electron chi connectivity index (χ1n) is 9.04. The molecule has 2 fully saturated rings. The Labute approximate surface area is 152 Å². The van der Waals surface area contributed by atoms with E-state index in [1.54, 1.807) is 17.7 Å². The van der Waals surface area contributed by atoms with E-state index in [9.17, 15) is 4.79 Å². The molecule has 1 aliphatic heterocycles. The molecule has 0 N–H and O–H groups in total. The Kier molecular flexibility index (Phi) is 4.46. The Morgan fingerprint density at radius 2 is 1.84 bits per heavy atom. The highest BCUT2D eigenvalue weighted by molar-refractivity contribution is 7.13. The lowest BCUT2D eigenvalue weighted by molar-refractivity contribution is 0.0717. The van der Waals surface area contributed by atoms with Crippen LogP contribution in [-0.4, -0.2) is 45.9 Å². The highest BCUT2D eigenvalue weighted by Gasteiger charge is 2.37. The molecule has 0 spiro atoms. The van der Waals surface area contributed by atoms with Crippen molar-refractivity contribution >= 4 is 23.1 Å². The van der Waals surface area contributed by atoms with Gasteiger partial charge in [-0.1, -0.05) is 0 Å². The van der Waals surface area contributed by atoms with E-state index in [1.165, 1.54) is 17.7 Å². The van der Waals surface area contributed by atoms with Gasteiger partial charge in [-0.2, -0.15) is 0 Å². The van der Waals surface area contributed by atoms with Crippen molar-refractivity contribution in [1.82, 2.24) is 14.9 Å². The molecular weight excluding hydrogens is 332 g/mol. The number of anilines is 1. The lowest BCUT2D eigenvalue weighted by atomic mass is 10.0. The number of nitrogens with zero attached hydrogens (tertiary/aromatic N) is 4. The smallest absolute Gasteiger partial charge is 0.263 e. The first kappa shape index (κ1) is 16.5. The third-order valence-corrected chi connectivity index (χ3v) is 6.08. The van der Waals surface area contributed by atoms with E-state index in [-0.39, 0.29) is 5.91 Å². The molecule has 25 heavy (non-hydrogen) atoms. The fraction of sp³-hybridized carbons (Fsp3) is 0.526. The van der Waals surface area contributed by atoms with E-state index in [0.717, 1.165) is 42.3 Å². The maximum absolute atomic E-state index is 12.7. The van der Waals surface area contributed by atoms with Crippen molar-refractivity contribution < 1.29 is 4.79 Å². The predicted octanol–water partition coefficient (Wildman–Crippen LogP) is 3.43. The largest absolute Gasteiger partial charge is 0.350 e. The summed E-state index contributed by atoms with van der Waals surface area (Å²) in [6.45, 7) is 5.72. The lowest BCUT2D eigenvalue weighted by Crippen LogP contribution is -2.48. The van der Waals surface area contributed by atoms with Crippen LogP contribution in [0.25, 0.3) is 0 Å². The van der Waals surface area contributed by atoms with Crippen LogP contribution < -0.4 is 4.90 Å². The van der Waals surface area contributed by atoms with Crippen molar-refractivity contribution in [1.29, 1.82) is 0 Å². The highest BCUT2D eigenvalue weighted by atomic mass is 32.1. The maximum atomic E-state index is 12.7. The van der Waals surface area contributed by atoms with Crippen LogP contribution in [-0.2, 0) is 0 Å². The van der Waals surface area contributed by atoms with Gasteiger partial charge in [0.2, 0.25) is 0 Å². The number of hydrogen-bond acceptors (Lipinski definition) is 5. The first-order chi connectivity index (χ1) is 12.1. The summed E-state index contributed by atoms with van der Waals surface area (Å²) >= 11 is 1.59. The Hall–Kier alpha value is -1.95. The van der Waals surface area contributed by atoms with Crippen molar-refractivity contribution in [3.05, 3.63) is 40.0 Å². The number of piperidine rings is 1. The summed E-state index contributed by atoms with van der Waals surface area (Å²) in [5, 5.41) is 0. The summed E-state index contributed by atoms with van der Waals surface area (Å²) in [6, 6.07) is 7.15. The summed E-state index contributed by atoms with van der Waals surface area (Å²) in [5.74, 6) is 1.24. The van der Waals surface area contributed by atoms with Crippen molar-refractivity contribution in [2.24, 2.45) is 0 Å². The van der Waals surface area contributed by atoms with Gasteiger partial charge in [0.1, 0.15) is 12.1 Å². The van der Waals surface area contributed by atoms with Gasteiger partial charge in [0.15, 0.2) is 0 Å². The van der Waals surface area contributed by atoms with E-state index < -0.39 is 0 Å². The predicted molar refractivity (Wildman–Crippen MR) is 100 cm³/mol. The average Bonchev–Trinajstić information content (AvgIpc) is 3.35. The Morgan fingerprint density at radius 1 is 1.12 bits per heavy atom. The number of aryl methyl sites for hydroxylation is 2. The van der Waals surface area contributed by atoms with E-state index in [2.05, 4.69) is 20.9 Å². The molecule has 0 bridgehead atoms. The summed E-state index contributed by atoms with van der Waals surface area (Å²) in [6.07, 6.45) is 6.18. The maximum Gasteiger partial charge on any atom is 0.263 e. The topological polar surface area (TPSA) is 49.3 Å². The number of rotatable bonds is 4. The molecule has 2 aliphatic rings. The lowest BCUT2D eigenvalue weighted by Gasteiger charge is -2.39. The van der Waals surface area contributed by atoms with Gasteiger partial charge in [-0.15, -0.1) is 11.3 Å². The Balaban J connectivity index is 1.44. The zero-order valence-electron chi connectivity index (χ0n) is 14.8. The molecular formula is C19H24N4OS. The molecule has 2 aromatic rings. The number of likely N-dealkylation sites (tertiary alicyclic amines) is 1. The SMILES string of the molecule is Cc1cc(N(C2CC2)C2CCN(C(=O)c3ccc(C)s3)CC2)ncn1. The van der Waals surface area contributed by atoms with Crippen molar-refractivity contribution in [2.45, 2.75) is 51.6 Å². The monoisotopic (exact) mass is 356 g/mol. The van der Waals surface area contributed by atoms with E-state index >= 15 is 0 Å². The third-order valence-electron chi connectivity index (χ3n) is 5.09. The molecule has 0 radical (unpaired) electrons. The van der Waals surface area contributed by atoms with Gasteiger partial charge in [0.05, 0.1) is 4.88 Å². The van der Waals surface area contributed by atoms with Crippen LogP contribution in [0.3, 0.4) is 0 Å². The molecule has 0 unspecified atom stereocenters. The minimum atomic E-state index is 0.187. The molecule has 1 saturated carbocycles.